The van der Waals surface area contributed by atoms with Crippen molar-refractivity contribution in [2.45, 2.75) is 34.1 Å². The molecule has 0 heterocycles. The van der Waals surface area contributed by atoms with Crippen molar-refractivity contribution in [1.82, 2.24) is 0 Å². The molecule has 10 heteroatoms. The number of carbonyl (C=O) groups excluding carboxylic acids is 2. The number of hydrogen-bond acceptors (Lipinski definition) is 8. The van der Waals surface area contributed by atoms with Crippen LogP contribution in [0.5, 0.6) is 11.5 Å². The largest absolute Gasteiger partial charge is 0.426 e. The summed E-state index contributed by atoms with van der Waals surface area (Å²) in [7, 11) is 0. The van der Waals surface area contributed by atoms with E-state index in [1.54, 1.807) is 27.7 Å². The molecule has 1 aliphatic rings. The van der Waals surface area contributed by atoms with Gasteiger partial charge in [-0.25, -0.2) is 0 Å². The van der Waals surface area contributed by atoms with Crippen LogP contribution >= 0.6 is 0 Å². The summed E-state index contributed by atoms with van der Waals surface area (Å²) in [5, 5.41) is 21.9. The van der Waals surface area contributed by atoms with Crippen molar-refractivity contribution in [2.24, 2.45) is 11.8 Å². The van der Waals surface area contributed by atoms with Gasteiger partial charge in [-0.2, -0.15) is 0 Å². The number of rotatable bonds is 6. The Hall–Kier alpha value is -3.82. The molecule has 31 heavy (non-hydrogen) atoms. The van der Waals surface area contributed by atoms with E-state index in [-0.39, 0.29) is 29.3 Å². The van der Waals surface area contributed by atoms with E-state index in [2.05, 4.69) is 0 Å². The van der Waals surface area contributed by atoms with Crippen molar-refractivity contribution in [3.8, 4) is 11.5 Å². The molecule has 0 saturated heterocycles. The van der Waals surface area contributed by atoms with Crippen LogP contribution < -0.4 is 9.47 Å². The summed E-state index contributed by atoms with van der Waals surface area (Å²) >= 11 is 0. The van der Waals surface area contributed by atoms with E-state index in [1.165, 1.54) is 24.3 Å². The number of carbonyl (C=O) groups is 2. The summed E-state index contributed by atoms with van der Waals surface area (Å²) in [6.07, 6.45) is 0.258. The molecule has 0 unspecified atom stereocenters. The maximum Gasteiger partial charge on any atom is 0.315 e. The first-order valence-electron chi connectivity index (χ1n) is 9.44. The fraction of sp³-hybridized carbons (Fsp3) is 0.333. The highest BCUT2D eigenvalue weighted by molar-refractivity contribution is 5.89. The van der Waals surface area contributed by atoms with E-state index in [1.807, 2.05) is 0 Å². The maximum absolute atomic E-state index is 12.5. The van der Waals surface area contributed by atoms with Gasteiger partial charge in [-0.05, 0) is 56.4 Å². The number of nitro groups is 2. The van der Waals surface area contributed by atoms with E-state index in [9.17, 15) is 29.8 Å². The zero-order chi connectivity index (χ0) is 23.0. The molecule has 2 aromatic carbocycles. The zero-order valence-corrected chi connectivity index (χ0v) is 17.3. The van der Waals surface area contributed by atoms with E-state index >= 15 is 0 Å². The van der Waals surface area contributed by atoms with Gasteiger partial charge >= 0.3 is 11.9 Å². The van der Waals surface area contributed by atoms with Gasteiger partial charge in [0.2, 0.25) is 0 Å². The highest BCUT2D eigenvalue weighted by Gasteiger charge is 2.51. The molecule has 1 fully saturated rings. The van der Waals surface area contributed by atoms with E-state index < -0.39 is 33.6 Å². The Bertz CT molecular complexity index is 991. The molecule has 0 radical (unpaired) electrons. The van der Waals surface area contributed by atoms with Crippen molar-refractivity contribution in [3.05, 3.63) is 66.7 Å². The molecular formula is C21H20N2O8. The molecule has 0 spiro atoms. The first kappa shape index (κ1) is 21.9. The minimum atomic E-state index is -0.680. The lowest BCUT2D eigenvalue weighted by atomic mass is 10.1. The third-order valence-corrected chi connectivity index (χ3v) is 5.11. The number of aryl methyl sites for hydroxylation is 4. The second kappa shape index (κ2) is 8.13. The molecular weight excluding hydrogens is 408 g/mol. The lowest BCUT2D eigenvalue weighted by Gasteiger charge is -2.11. The predicted molar refractivity (Wildman–Crippen MR) is 108 cm³/mol. The molecule has 2 atom stereocenters. The second-order valence-corrected chi connectivity index (χ2v) is 7.62. The summed E-state index contributed by atoms with van der Waals surface area (Å²) in [5.74, 6) is -2.12. The van der Waals surface area contributed by atoms with Gasteiger partial charge in [0.25, 0.3) is 11.4 Å². The standard InChI is InChI=1S/C21H20N2O8/c1-10-5-14(22(26)27)6-11(2)18(10)30-20(24)16-9-17(16)21(25)31-19-12(3)7-15(23(28)29)8-13(19)4/h5-8,16-17H,9H2,1-4H3/t16-,17-/m1/s1. The average molecular weight is 428 g/mol. The number of nitrogens with zero attached hydrogens (tertiary/aromatic N) is 2. The first-order chi connectivity index (χ1) is 14.5. The summed E-state index contributed by atoms with van der Waals surface area (Å²) < 4.78 is 10.8. The summed E-state index contributed by atoms with van der Waals surface area (Å²) in [5.41, 5.74) is 1.57. The molecule has 1 saturated carbocycles. The highest BCUT2D eigenvalue weighted by atomic mass is 16.6. The Balaban J connectivity index is 1.68. The van der Waals surface area contributed by atoms with Gasteiger partial charge in [-0.1, -0.05) is 0 Å². The Labute approximate surface area is 177 Å². The lowest BCUT2D eigenvalue weighted by Crippen LogP contribution is -2.19. The van der Waals surface area contributed by atoms with Crippen LogP contribution in [0.3, 0.4) is 0 Å². The molecule has 1 aliphatic carbocycles. The van der Waals surface area contributed by atoms with Crippen LogP contribution in [-0.4, -0.2) is 21.8 Å². The summed E-state index contributed by atoms with van der Waals surface area (Å²) in [6.45, 7) is 6.39. The van der Waals surface area contributed by atoms with E-state index in [0.717, 1.165) is 0 Å². The molecule has 0 aliphatic heterocycles. The molecule has 10 nitrogen and oxygen atoms in total. The van der Waals surface area contributed by atoms with Gasteiger partial charge in [-0.15, -0.1) is 0 Å². The fourth-order valence-corrected chi connectivity index (χ4v) is 3.46. The Morgan fingerprint density at radius 2 is 1.03 bits per heavy atom. The number of nitro benzene ring substituents is 2. The topological polar surface area (TPSA) is 139 Å². The first-order valence-corrected chi connectivity index (χ1v) is 9.44. The smallest absolute Gasteiger partial charge is 0.315 e. The maximum atomic E-state index is 12.5. The summed E-state index contributed by atoms with van der Waals surface area (Å²) in [6, 6.07) is 5.26. The van der Waals surface area contributed by atoms with Crippen LogP contribution in [0.15, 0.2) is 24.3 Å². The molecule has 0 aromatic heterocycles. The zero-order valence-electron chi connectivity index (χ0n) is 17.3. The Kier molecular flexibility index (Phi) is 5.74. The van der Waals surface area contributed by atoms with Crippen molar-refractivity contribution < 1.29 is 28.9 Å². The predicted octanol–water partition coefficient (Wildman–Crippen LogP) is 3.88. The minimum Gasteiger partial charge on any atom is -0.426 e. The number of benzene rings is 2. The van der Waals surface area contributed by atoms with Crippen LogP contribution in [0.4, 0.5) is 11.4 Å². The van der Waals surface area contributed by atoms with E-state index in [4.69, 9.17) is 9.47 Å². The third-order valence-electron chi connectivity index (χ3n) is 5.11. The normalized spacial score (nSPS) is 17.0. The van der Waals surface area contributed by atoms with Crippen molar-refractivity contribution >= 4 is 23.3 Å². The molecule has 0 N–H and O–H groups in total. The highest BCUT2D eigenvalue weighted by Crippen LogP contribution is 2.42. The number of ether oxygens (including phenoxy) is 2. The van der Waals surface area contributed by atoms with Gasteiger partial charge in [0.1, 0.15) is 11.5 Å². The Morgan fingerprint density at radius 3 is 1.29 bits per heavy atom. The fourth-order valence-electron chi connectivity index (χ4n) is 3.46. The van der Waals surface area contributed by atoms with Crippen LogP contribution in [-0.2, 0) is 9.59 Å². The lowest BCUT2D eigenvalue weighted by molar-refractivity contribution is -0.385. The number of esters is 2. The van der Waals surface area contributed by atoms with Crippen LogP contribution in [0.25, 0.3) is 0 Å². The number of hydrogen-bond donors (Lipinski definition) is 0. The molecule has 162 valence electrons. The molecule has 0 bridgehead atoms. The SMILES string of the molecule is Cc1cc([N+](=O)[O-])cc(C)c1OC(=O)[C@@H]1C[C@H]1C(=O)Oc1c(C)cc([N+](=O)[O-])cc1C. The van der Waals surface area contributed by atoms with Gasteiger partial charge < -0.3 is 9.47 Å². The minimum absolute atomic E-state index is 0.100. The average Bonchev–Trinajstić information content (AvgIpc) is 3.47. The van der Waals surface area contributed by atoms with Gasteiger partial charge in [-0.3, -0.25) is 29.8 Å². The van der Waals surface area contributed by atoms with Crippen LogP contribution in [0.1, 0.15) is 28.7 Å². The third kappa shape index (κ3) is 4.52. The molecule has 2 aromatic rings. The quantitative estimate of drug-likeness (QED) is 0.292. The van der Waals surface area contributed by atoms with Crippen molar-refractivity contribution in [1.29, 1.82) is 0 Å². The second-order valence-electron chi connectivity index (χ2n) is 7.62. The van der Waals surface area contributed by atoms with Gasteiger partial charge in [0, 0.05) is 24.3 Å². The number of non-ortho nitro benzene ring substituents is 2. The monoisotopic (exact) mass is 428 g/mol. The van der Waals surface area contributed by atoms with Crippen molar-refractivity contribution in [3.63, 3.8) is 0 Å². The van der Waals surface area contributed by atoms with Gasteiger partial charge in [0.15, 0.2) is 0 Å². The van der Waals surface area contributed by atoms with Crippen LogP contribution in [0, 0.1) is 59.8 Å². The van der Waals surface area contributed by atoms with E-state index in [0.29, 0.717) is 22.3 Å². The summed E-state index contributed by atoms with van der Waals surface area (Å²) in [4.78, 5) is 45.8. The van der Waals surface area contributed by atoms with Crippen molar-refractivity contribution in [2.75, 3.05) is 0 Å². The molecule has 0 amide bonds. The van der Waals surface area contributed by atoms with Gasteiger partial charge in [0.05, 0.1) is 21.7 Å². The van der Waals surface area contributed by atoms with Crippen LogP contribution in [0.2, 0.25) is 0 Å². The Morgan fingerprint density at radius 1 is 0.742 bits per heavy atom. The molecule has 3 rings (SSSR count).